The van der Waals surface area contributed by atoms with Crippen molar-refractivity contribution in [2.24, 2.45) is 4.99 Å². The number of methoxy groups -OCH3 is 1. The van der Waals surface area contributed by atoms with Crippen molar-refractivity contribution in [3.05, 3.63) is 107 Å². The maximum absolute atomic E-state index is 14.3. The molecule has 1 N–H and O–H groups in total. The number of nitrogens with one attached hydrogen (secondary N) is 1. The maximum Gasteiger partial charge on any atom is 0.263 e. The number of anilines is 1. The number of rotatable bonds is 7. The summed E-state index contributed by atoms with van der Waals surface area (Å²) in [7, 11) is 1.64. The van der Waals surface area contributed by atoms with Gasteiger partial charge in [0.1, 0.15) is 17.8 Å². The van der Waals surface area contributed by atoms with Crippen molar-refractivity contribution >= 4 is 28.5 Å². The lowest BCUT2D eigenvalue weighted by molar-refractivity contribution is 0.415. The van der Waals surface area contributed by atoms with Gasteiger partial charge in [-0.15, -0.1) is 0 Å². The lowest BCUT2D eigenvalue weighted by Gasteiger charge is -2.22. The molecule has 3 aromatic carbocycles. The van der Waals surface area contributed by atoms with Gasteiger partial charge in [0, 0.05) is 17.6 Å². The Morgan fingerprint density at radius 1 is 1.00 bits per heavy atom. The van der Waals surface area contributed by atoms with Crippen LogP contribution in [-0.4, -0.2) is 27.9 Å². The highest BCUT2D eigenvalue weighted by molar-refractivity contribution is 5.96. The van der Waals surface area contributed by atoms with Crippen LogP contribution < -0.4 is 15.6 Å². The van der Waals surface area contributed by atoms with Crippen LogP contribution in [0.15, 0.2) is 95.0 Å². The number of pyridine rings is 1. The highest BCUT2D eigenvalue weighted by Gasteiger charge is 2.20. The van der Waals surface area contributed by atoms with Gasteiger partial charge in [-0.05, 0) is 67.6 Å². The van der Waals surface area contributed by atoms with E-state index in [1.807, 2.05) is 93.6 Å². The molecule has 0 amide bonds. The summed E-state index contributed by atoms with van der Waals surface area (Å²) in [5.41, 5.74) is 4.72. The monoisotopic (exact) mass is 503 g/mol. The first-order valence-corrected chi connectivity index (χ1v) is 12.5. The maximum atomic E-state index is 14.3. The number of ether oxygens (including phenoxy) is 1. The van der Waals surface area contributed by atoms with Gasteiger partial charge < -0.3 is 10.1 Å². The number of nitrogens with zero attached hydrogens (tertiary/aromatic N) is 4. The van der Waals surface area contributed by atoms with Gasteiger partial charge in [-0.2, -0.15) is 0 Å². The van der Waals surface area contributed by atoms with Gasteiger partial charge in [0.2, 0.25) is 0 Å². The molecule has 0 aliphatic carbocycles. The topological polar surface area (TPSA) is 81.4 Å². The number of para-hydroxylation sites is 1. The lowest BCUT2D eigenvalue weighted by atomic mass is 9.97. The van der Waals surface area contributed by atoms with Crippen LogP contribution in [0.3, 0.4) is 0 Å². The Morgan fingerprint density at radius 2 is 1.79 bits per heavy atom. The summed E-state index contributed by atoms with van der Waals surface area (Å²) in [5, 5.41) is 4.98. The molecule has 38 heavy (non-hydrogen) atoms. The Labute approximate surface area is 221 Å². The van der Waals surface area contributed by atoms with Crippen molar-refractivity contribution in [1.29, 1.82) is 0 Å². The second-order valence-corrected chi connectivity index (χ2v) is 8.96. The average molecular weight is 504 g/mol. The summed E-state index contributed by atoms with van der Waals surface area (Å²) >= 11 is 0. The number of aryl methyl sites for hydroxylation is 1. The summed E-state index contributed by atoms with van der Waals surface area (Å²) in [5.74, 6) is 1.35. The molecule has 1 atom stereocenters. The number of aliphatic imine (C=N–C) groups is 1. The van der Waals surface area contributed by atoms with Crippen LogP contribution in [0, 0.1) is 6.92 Å². The zero-order chi connectivity index (χ0) is 26.6. The standard InChI is InChI=1S/C31H29N5O2/c1-5-32-29-21(3)33-19-34-30(29)35-20(2)27-18-23-12-10-16-26(22-11-9-15-25(17-22)38-4)28(23)31(37)36(27)24-13-7-6-8-14-24/h5-20H,1-4H3,(H,33,34,35). The minimum atomic E-state index is -0.270. The fraction of sp³-hybridized carbons (Fsp3) is 0.161. The third-order valence-corrected chi connectivity index (χ3v) is 6.53. The van der Waals surface area contributed by atoms with Gasteiger partial charge >= 0.3 is 0 Å². The van der Waals surface area contributed by atoms with Crippen LogP contribution in [0.25, 0.3) is 27.6 Å². The van der Waals surface area contributed by atoms with Gasteiger partial charge in [-0.1, -0.05) is 48.5 Å². The molecule has 5 rings (SSSR count). The van der Waals surface area contributed by atoms with E-state index in [4.69, 9.17) is 4.74 Å². The predicted molar refractivity (Wildman–Crippen MR) is 154 cm³/mol. The zero-order valence-corrected chi connectivity index (χ0v) is 21.8. The molecule has 190 valence electrons. The summed E-state index contributed by atoms with van der Waals surface area (Å²) < 4.78 is 7.22. The number of benzene rings is 3. The molecule has 1 unspecified atom stereocenters. The largest absolute Gasteiger partial charge is 0.497 e. The molecule has 0 aliphatic rings. The van der Waals surface area contributed by atoms with E-state index in [0.29, 0.717) is 16.9 Å². The highest BCUT2D eigenvalue weighted by atomic mass is 16.5. The van der Waals surface area contributed by atoms with Gasteiger partial charge in [-0.25, -0.2) is 9.97 Å². The van der Waals surface area contributed by atoms with E-state index < -0.39 is 0 Å². The van der Waals surface area contributed by atoms with Crippen LogP contribution in [0.4, 0.5) is 11.5 Å². The Bertz CT molecular complexity index is 1690. The number of hydrogen-bond donors (Lipinski definition) is 1. The minimum absolute atomic E-state index is 0.0959. The lowest BCUT2D eigenvalue weighted by Crippen LogP contribution is -2.26. The molecule has 7 nitrogen and oxygen atoms in total. The van der Waals surface area contributed by atoms with E-state index in [1.54, 1.807) is 17.9 Å². The summed E-state index contributed by atoms with van der Waals surface area (Å²) in [4.78, 5) is 27.5. The molecule has 0 aliphatic heterocycles. The van der Waals surface area contributed by atoms with Crippen molar-refractivity contribution in [3.8, 4) is 22.6 Å². The van der Waals surface area contributed by atoms with E-state index >= 15 is 0 Å². The predicted octanol–water partition coefficient (Wildman–Crippen LogP) is 6.66. The van der Waals surface area contributed by atoms with Crippen LogP contribution in [0.2, 0.25) is 0 Å². The smallest absolute Gasteiger partial charge is 0.263 e. The van der Waals surface area contributed by atoms with Crippen LogP contribution in [-0.2, 0) is 0 Å². The first-order valence-electron chi connectivity index (χ1n) is 12.5. The molecule has 2 aromatic heterocycles. The second kappa shape index (κ2) is 10.7. The third-order valence-electron chi connectivity index (χ3n) is 6.53. The van der Waals surface area contributed by atoms with Crippen molar-refractivity contribution in [2.75, 3.05) is 12.4 Å². The molecule has 0 spiro atoms. The first-order chi connectivity index (χ1) is 18.5. The Kier molecular flexibility index (Phi) is 7.00. The van der Waals surface area contributed by atoms with Crippen molar-refractivity contribution in [3.63, 3.8) is 0 Å². The van der Waals surface area contributed by atoms with Crippen LogP contribution in [0.5, 0.6) is 5.75 Å². The molecule has 5 aromatic rings. The number of aromatic nitrogens is 3. The van der Waals surface area contributed by atoms with E-state index in [1.165, 1.54) is 6.33 Å². The van der Waals surface area contributed by atoms with Gasteiger partial charge in [-0.3, -0.25) is 14.4 Å². The Hall–Kier alpha value is -4.78. The Morgan fingerprint density at radius 3 is 2.55 bits per heavy atom. The molecule has 0 fully saturated rings. The Balaban J connectivity index is 1.73. The molecule has 7 heteroatoms. The van der Waals surface area contributed by atoms with Crippen molar-refractivity contribution in [1.82, 2.24) is 14.5 Å². The molecule has 0 saturated carbocycles. The minimum Gasteiger partial charge on any atom is -0.497 e. The third kappa shape index (κ3) is 4.66. The molecule has 0 saturated heterocycles. The zero-order valence-electron chi connectivity index (χ0n) is 21.8. The van der Waals surface area contributed by atoms with Gasteiger partial charge in [0.15, 0.2) is 5.82 Å². The van der Waals surface area contributed by atoms with Crippen molar-refractivity contribution in [2.45, 2.75) is 26.8 Å². The number of hydrogen-bond acceptors (Lipinski definition) is 6. The van der Waals surface area contributed by atoms with Gasteiger partial charge in [0.05, 0.1) is 24.2 Å². The molecule has 0 radical (unpaired) electrons. The van der Waals surface area contributed by atoms with E-state index in [0.717, 1.165) is 39.3 Å². The quantitative estimate of drug-likeness (QED) is 0.251. The van der Waals surface area contributed by atoms with Crippen LogP contribution in [0.1, 0.15) is 31.3 Å². The van der Waals surface area contributed by atoms with E-state index in [-0.39, 0.29) is 11.6 Å². The first kappa shape index (κ1) is 24.9. The average Bonchev–Trinajstić information content (AvgIpc) is 2.95. The van der Waals surface area contributed by atoms with Gasteiger partial charge in [0.25, 0.3) is 5.56 Å². The van der Waals surface area contributed by atoms with Crippen molar-refractivity contribution < 1.29 is 4.74 Å². The second-order valence-electron chi connectivity index (χ2n) is 8.96. The normalized spacial score (nSPS) is 12.1. The number of fused-ring (bicyclic) bond motifs is 1. The SMILES string of the molecule is CC=Nc1c(C)ncnc1NC(C)c1cc2cccc(-c3cccc(OC)c3)c2c(=O)n1-c1ccccc1. The molecule has 0 bridgehead atoms. The summed E-state index contributed by atoms with van der Waals surface area (Å²) in [6.07, 6.45) is 3.24. The van der Waals surface area contributed by atoms with E-state index in [2.05, 4.69) is 26.3 Å². The fourth-order valence-corrected chi connectivity index (χ4v) is 4.71. The van der Waals surface area contributed by atoms with Crippen LogP contribution >= 0.6 is 0 Å². The van der Waals surface area contributed by atoms with E-state index in [9.17, 15) is 4.79 Å². The fourth-order valence-electron chi connectivity index (χ4n) is 4.71. The summed E-state index contributed by atoms with van der Waals surface area (Å²) in [6, 6.07) is 25.2. The molecular weight excluding hydrogens is 474 g/mol. The molecular formula is C31H29N5O2. The molecule has 2 heterocycles. The highest BCUT2D eigenvalue weighted by Crippen LogP contribution is 2.33. The summed E-state index contributed by atoms with van der Waals surface area (Å²) in [6.45, 7) is 5.77.